The molecule has 2 aromatic rings. The van der Waals surface area contributed by atoms with E-state index in [0.29, 0.717) is 10.9 Å². The van der Waals surface area contributed by atoms with Crippen molar-refractivity contribution in [3.63, 3.8) is 0 Å². The van der Waals surface area contributed by atoms with Crippen molar-refractivity contribution < 1.29 is 32.3 Å². The molecule has 1 aromatic carbocycles. The summed E-state index contributed by atoms with van der Waals surface area (Å²) in [4.78, 5) is 47.7. The van der Waals surface area contributed by atoms with E-state index in [9.17, 15) is 32.3 Å². The number of Topliss-reactive ketones (excluding diaryl/α,β-unsaturated/α-hetero) is 2. The summed E-state index contributed by atoms with van der Waals surface area (Å²) in [5.41, 5.74) is -1.20. The molecule has 1 heterocycles. The number of hydrogen-bond donors (Lipinski definition) is 2. The summed E-state index contributed by atoms with van der Waals surface area (Å²) in [6.45, 7) is 1.18. The first-order valence-corrected chi connectivity index (χ1v) is 9.81. The van der Waals surface area contributed by atoms with Crippen LogP contribution in [-0.2, 0) is 20.6 Å². The Balaban J connectivity index is 1.93. The van der Waals surface area contributed by atoms with Crippen molar-refractivity contribution in [2.75, 3.05) is 10.6 Å². The van der Waals surface area contributed by atoms with E-state index >= 15 is 0 Å². The smallest absolute Gasteiger partial charge is 0.325 e. The van der Waals surface area contributed by atoms with Gasteiger partial charge in [-0.25, -0.2) is 0 Å². The lowest BCUT2D eigenvalue weighted by Gasteiger charge is -2.14. The number of carbonyl (C=O) groups excluding carboxylic acids is 4. The summed E-state index contributed by atoms with van der Waals surface area (Å²) in [6.07, 6.45) is -5.04. The Bertz CT molecular complexity index is 940. The van der Waals surface area contributed by atoms with Gasteiger partial charge in [0.15, 0.2) is 5.78 Å². The Labute approximate surface area is 174 Å². The van der Waals surface area contributed by atoms with Gasteiger partial charge in [-0.2, -0.15) is 13.2 Å². The zero-order valence-corrected chi connectivity index (χ0v) is 16.8. The van der Waals surface area contributed by atoms with Crippen LogP contribution in [0.25, 0.3) is 0 Å². The molecular weight excluding hydrogens is 421 g/mol. The number of anilines is 2. The van der Waals surface area contributed by atoms with Gasteiger partial charge in [0.05, 0.1) is 21.8 Å². The molecule has 0 radical (unpaired) electrons. The van der Waals surface area contributed by atoms with Gasteiger partial charge in [0.25, 0.3) is 0 Å². The summed E-state index contributed by atoms with van der Waals surface area (Å²) in [6, 6.07) is 5.93. The van der Waals surface area contributed by atoms with Crippen LogP contribution in [0.2, 0.25) is 0 Å². The molecule has 160 valence electrons. The molecule has 6 nitrogen and oxygen atoms in total. The number of hydrogen-bond acceptors (Lipinski definition) is 5. The van der Waals surface area contributed by atoms with Gasteiger partial charge < -0.3 is 10.6 Å². The highest BCUT2D eigenvalue weighted by Gasteiger charge is 2.31. The summed E-state index contributed by atoms with van der Waals surface area (Å²) < 4.78 is 38.8. The topological polar surface area (TPSA) is 92.3 Å². The predicted octanol–water partition coefficient (Wildman–Crippen LogP) is 4.68. The predicted molar refractivity (Wildman–Crippen MR) is 107 cm³/mol. The van der Waals surface area contributed by atoms with E-state index < -0.39 is 23.6 Å². The maximum atomic E-state index is 12.9. The van der Waals surface area contributed by atoms with Gasteiger partial charge in [0.1, 0.15) is 5.78 Å². The van der Waals surface area contributed by atoms with Crippen LogP contribution < -0.4 is 10.6 Å². The van der Waals surface area contributed by atoms with Crippen molar-refractivity contribution in [2.45, 2.75) is 38.8 Å². The maximum absolute atomic E-state index is 12.9. The highest BCUT2D eigenvalue weighted by atomic mass is 32.1. The third kappa shape index (κ3) is 7.11. The summed E-state index contributed by atoms with van der Waals surface area (Å²) in [7, 11) is 0. The molecule has 0 aliphatic rings. The van der Waals surface area contributed by atoms with Crippen molar-refractivity contribution >= 4 is 46.1 Å². The maximum Gasteiger partial charge on any atom is 0.416 e. The minimum Gasteiger partial charge on any atom is -0.325 e. The number of alkyl halides is 3. The van der Waals surface area contributed by atoms with Crippen LogP contribution >= 0.6 is 11.3 Å². The first-order chi connectivity index (χ1) is 14.1. The molecular formula is C20H19F3N2O4S. The molecule has 0 bridgehead atoms. The lowest BCUT2D eigenvalue weighted by atomic mass is 10.1. The second-order valence-corrected chi connectivity index (χ2v) is 7.37. The second-order valence-electron chi connectivity index (χ2n) is 6.43. The van der Waals surface area contributed by atoms with Crippen LogP contribution in [-0.4, -0.2) is 23.4 Å². The van der Waals surface area contributed by atoms with E-state index in [-0.39, 0.29) is 48.6 Å². The lowest BCUT2D eigenvalue weighted by Crippen LogP contribution is -2.17. The number of thiophene rings is 1. The quantitative estimate of drug-likeness (QED) is 0.554. The monoisotopic (exact) mass is 440 g/mol. The molecule has 0 spiro atoms. The van der Waals surface area contributed by atoms with Gasteiger partial charge in [-0.05, 0) is 29.6 Å². The van der Waals surface area contributed by atoms with E-state index in [4.69, 9.17) is 0 Å². The number of ketones is 2. The standard InChI is InChI=1S/C20H19F3N2O4S/c1-12(26)24-15-7-4-13(20(21,22)23)11-16(15)25-19(29)9-6-14(27)5-8-17(28)18-3-2-10-30-18/h2-4,7,10-11H,5-6,8-9H2,1H3,(H,24,26)(H,25,29). The second kappa shape index (κ2) is 10.1. The fourth-order valence-electron chi connectivity index (χ4n) is 2.53. The van der Waals surface area contributed by atoms with Crippen LogP contribution in [0.4, 0.5) is 24.5 Å². The number of benzene rings is 1. The van der Waals surface area contributed by atoms with E-state index in [1.54, 1.807) is 17.5 Å². The number of halogens is 3. The van der Waals surface area contributed by atoms with Crippen LogP contribution in [0, 0.1) is 0 Å². The Hall–Kier alpha value is -3.01. The minimum atomic E-state index is -4.63. The van der Waals surface area contributed by atoms with E-state index in [0.717, 1.165) is 12.1 Å². The molecule has 0 unspecified atom stereocenters. The molecule has 0 saturated heterocycles. The van der Waals surface area contributed by atoms with Gasteiger partial charge in [0.2, 0.25) is 11.8 Å². The molecule has 0 atom stereocenters. The average Bonchev–Trinajstić information content (AvgIpc) is 3.19. The first kappa shape index (κ1) is 23.3. The van der Waals surface area contributed by atoms with Crippen molar-refractivity contribution in [2.24, 2.45) is 0 Å². The normalized spacial score (nSPS) is 11.1. The molecule has 0 fully saturated rings. The molecule has 0 aliphatic carbocycles. The van der Waals surface area contributed by atoms with Gasteiger partial charge in [-0.1, -0.05) is 6.07 Å². The molecule has 0 saturated carbocycles. The molecule has 2 amide bonds. The minimum absolute atomic E-state index is 0.0109. The number of rotatable bonds is 9. The fraction of sp³-hybridized carbons (Fsp3) is 0.300. The van der Waals surface area contributed by atoms with E-state index in [1.165, 1.54) is 18.3 Å². The number of amides is 2. The van der Waals surface area contributed by atoms with Crippen LogP contribution in [0.5, 0.6) is 0 Å². The largest absolute Gasteiger partial charge is 0.416 e. The third-order valence-corrected chi connectivity index (χ3v) is 4.90. The van der Waals surface area contributed by atoms with Crippen molar-refractivity contribution in [3.05, 3.63) is 46.2 Å². The summed E-state index contributed by atoms with van der Waals surface area (Å²) >= 11 is 1.28. The SMILES string of the molecule is CC(=O)Nc1ccc(C(F)(F)F)cc1NC(=O)CCC(=O)CCC(=O)c1cccs1. The van der Waals surface area contributed by atoms with Gasteiger partial charge in [-0.15, -0.1) is 11.3 Å². The van der Waals surface area contributed by atoms with Crippen LogP contribution in [0.15, 0.2) is 35.7 Å². The van der Waals surface area contributed by atoms with Crippen molar-refractivity contribution in [3.8, 4) is 0 Å². The fourth-order valence-corrected chi connectivity index (χ4v) is 3.22. The molecule has 2 rings (SSSR count). The van der Waals surface area contributed by atoms with E-state index in [2.05, 4.69) is 10.6 Å². The Morgan fingerprint density at radius 2 is 1.63 bits per heavy atom. The van der Waals surface area contributed by atoms with Gasteiger partial charge in [0, 0.05) is 32.6 Å². The zero-order valence-electron chi connectivity index (χ0n) is 16.0. The van der Waals surface area contributed by atoms with E-state index in [1.807, 2.05) is 0 Å². The van der Waals surface area contributed by atoms with Gasteiger partial charge >= 0.3 is 6.18 Å². The molecule has 2 N–H and O–H groups in total. The highest BCUT2D eigenvalue weighted by Crippen LogP contribution is 2.34. The Kier molecular flexibility index (Phi) is 7.87. The van der Waals surface area contributed by atoms with Crippen LogP contribution in [0.3, 0.4) is 0 Å². The third-order valence-electron chi connectivity index (χ3n) is 3.99. The van der Waals surface area contributed by atoms with Crippen molar-refractivity contribution in [1.29, 1.82) is 0 Å². The molecule has 30 heavy (non-hydrogen) atoms. The van der Waals surface area contributed by atoms with Crippen LogP contribution in [0.1, 0.15) is 47.8 Å². The summed E-state index contributed by atoms with van der Waals surface area (Å²) in [5, 5.41) is 6.40. The van der Waals surface area contributed by atoms with Crippen molar-refractivity contribution in [1.82, 2.24) is 0 Å². The molecule has 1 aromatic heterocycles. The van der Waals surface area contributed by atoms with Gasteiger partial charge in [-0.3, -0.25) is 19.2 Å². The number of carbonyl (C=O) groups is 4. The Morgan fingerprint density at radius 1 is 0.933 bits per heavy atom. The molecule has 10 heteroatoms. The highest BCUT2D eigenvalue weighted by molar-refractivity contribution is 7.12. The average molecular weight is 440 g/mol. The Morgan fingerprint density at radius 3 is 2.23 bits per heavy atom. The zero-order chi connectivity index (χ0) is 22.3. The molecule has 0 aliphatic heterocycles. The first-order valence-electron chi connectivity index (χ1n) is 8.93. The lowest BCUT2D eigenvalue weighted by molar-refractivity contribution is -0.137. The number of nitrogens with one attached hydrogen (secondary N) is 2. The summed E-state index contributed by atoms with van der Waals surface area (Å²) in [5.74, 6) is -1.66.